The Balaban J connectivity index is 1.36. The standard InChI is InChI=1S/C29H23ClN2O4/c1-2-34-23-12-14-26-21(15-23)16-28(36-26)29(33)32-31-17-25-24-6-4-3-5-20(24)9-13-27(25)35-18-19-7-10-22(30)11-8-19/h3-17H,2,18H2,1H3,(H,32,33)/b31-17+. The number of carbonyl (C=O) groups is 1. The molecule has 1 aromatic heterocycles. The third kappa shape index (κ3) is 5.19. The topological polar surface area (TPSA) is 73.1 Å². The van der Waals surface area contributed by atoms with Crippen molar-refractivity contribution in [2.24, 2.45) is 5.10 Å². The molecule has 7 heteroatoms. The van der Waals surface area contributed by atoms with Crippen molar-refractivity contribution in [1.29, 1.82) is 0 Å². The number of halogens is 1. The molecule has 0 aliphatic carbocycles. The summed E-state index contributed by atoms with van der Waals surface area (Å²) >= 11 is 5.98. The van der Waals surface area contributed by atoms with Crippen LogP contribution in [0.15, 0.2) is 94.4 Å². The van der Waals surface area contributed by atoms with Gasteiger partial charge in [0.15, 0.2) is 5.76 Å². The molecule has 0 unspecified atom stereocenters. The van der Waals surface area contributed by atoms with Crippen molar-refractivity contribution in [3.8, 4) is 11.5 Å². The van der Waals surface area contributed by atoms with Crippen molar-refractivity contribution in [2.75, 3.05) is 6.61 Å². The monoisotopic (exact) mass is 498 g/mol. The van der Waals surface area contributed by atoms with Crippen LogP contribution >= 0.6 is 11.6 Å². The summed E-state index contributed by atoms with van der Waals surface area (Å²) in [5.41, 5.74) is 4.90. The zero-order valence-corrected chi connectivity index (χ0v) is 20.3. The number of amides is 1. The minimum Gasteiger partial charge on any atom is -0.494 e. The third-order valence-corrected chi connectivity index (χ3v) is 5.87. The minimum atomic E-state index is -0.454. The predicted octanol–water partition coefficient (Wildman–Crippen LogP) is 6.98. The number of ether oxygens (including phenoxy) is 2. The third-order valence-electron chi connectivity index (χ3n) is 5.62. The zero-order chi connectivity index (χ0) is 24.9. The van der Waals surface area contributed by atoms with E-state index in [2.05, 4.69) is 10.5 Å². The second kappa shape index (κ2) is 10.5. The molecular weight excluding hydrogens is 476 g/mol. The van der Waals surface area contributed by atoms with Crippen LogP contribution in [0.25, 0.3) is 21.7 Å². The van der Waals surface area contributed by atoms with Crippen LogP contribution in [0.5, 0.6) is 11.5 Å². The molecule has 0 atom stereocenters. The van der Waals surface area contributed by atoms with E-state index in [1.165, 1.54) is 0 Å². The molecule has 0 fully saturated rings. The van der Waals surface area contributed by atoms with E-state index in [1.807, 2.05) is 73.7 Å². The van der Waals surface area contributed by atoms with E-state index in [0.29, 0.717) is 29.6 Å². The van der Waals surface area contributed by atoms with Gasteiger partial charge in [-0.1, -0.05) is 54.1 Å². The van der Waals surface area contributed by atoms with Crippen LogP contribution in [0, 0.1) is 0 Å². The lowest BCUT2D eigenvalue weighted by Crippen LogP contribution is -2.16. The van der Waals surface area contributed by atoms with Crippen molar-refractivity contribution in [3.05, 3.63) is 107 Å². The number of fused-ring (bicyclic) bond motifs is 2. The van der Waals surface area contributed by atoms with Crippen LogP contribution in [0.2, 0.25) is 5.02 Å². The van der Waals surface area contributed by atoms with E-state index in [-0.39, 0.29) is 5.76 Å². The molecule has 0 radical (unpaired) electrons. The Morgan fingerprint density at radius 1 is 0.972 bits per heavy atom. The molecule has 1 N–H and O–H groups in total. The highest BCUT2D eigenvalue weighted by Gasteiger charge is 2.13. The average Bonchev–Trinajstić information content (AvgIpc) is 3.33. The number of furan rings is 1. The normalized spacial score (nSPS) is 11.3. The average molecular weight is 499 g/mol. The van der Waals surface area contributed by atoms with Gasteiger partial charge in [0, 0.05) is 16.0 Å². The maximum atomic E-state index is 12.7. The lowest BCUT2D eigenvalue weighted by atomic mass is 10.0. The number of carbonyl (C=O) groups excluding carboxylic acids is 1. The van der Waals surface area contributed by atoms with Crippen LogP contribution in [0.4, 0.5) is 0 Å². The Bertz CT molecular complexity index is 1560. The van der Waals surface area contributed by atoms with Gasteiger partial charge in [-0.2, -0.15) is 5.10 Å². The SMILES string of the molecule is CCOc1ccc2oc(C(=O)N/N=C/c3c(OCc4ccc(Cl)cc4)ccc4ccccc34)cc2c1. The summed E-state index contributed by atoms with van der Waals surface area (Å²) in [5.74, 6) is 1.07. The Labute approximate surface area is 213 Å². The molecule has 0 spiro atoms. The van der Waals surface area contributed by atoms with Crippen molar-refractivity contribution >= 4 is 45.5 Å². The van der Waals surface area contributed by atoms with E-state index in [4.69, 9.17) is 25.5 Å². The van der Waals surface area contributed by atoms with E-state index < -0.39 is 5.91 Å². The smallest absolute Gasteiger partial charge is 0.307 e. The molecule has 1 amide bonds. The summed E-state index contributed by atoms with van der Waals surface area (Å²) in [7, 11) is 0. The maximum Gasteiger partial charge on any atom is 0.307 e. The Morgan fingerprint density at radius 3 is 2.64 bits per heavy atom. The van der Waals surface area contributed by atoms with E-state index in [9.17, 15) is 4.79 Å². The number of rotatable bonds is 8. The first-order valence-electron chi connectivity index (χ1n) is 11.5. The fraction of sp³-hybridized carbons (Fsp3) is 0.103. The van der Waals surface area contributed by atoms with Gasteiger partial charge < -0.3 is 13.9 Å². The summed E-state index contributed by atoms with van der Waals surface area (Å²) in [6.07, 6.45) is 1.59. The minimum absolute atomic E-state index is 0.160. The molecule has 0 aliphatic rings. The molecule has 0 aliphatic heterocycles. The molecule has 5 aromatic rings. The molecule has 180 valence electrons. The number of hydrogen-bond donors (Lipinski definition) is 1. The molecule has 0 bridgehead atoms. The fourth-order valence-electron chi connectivity index (χ4n) is 3.88. The van der Waals surface area contributed by atoms with Crippen molar-refractivity contribution < 1.29 is 18.7 Å². The molecule has 6 nitrogen and oxygen atoms in total. The van der Waals surface area contributed by atoms with Gasteiger partial charge in [-0.05, 0) is 65.7 Å². The van der Waals surface area contributed by atoms with Crippen LogP contribution in [-0.4, -0.2) is 18.7 Å². The second-order valence-electron chi connectivity index (χ2n) is 8.06. The quantitative estimate of drug-likeness (QED) is 0.185. The fourth-order valence-corrected chi connectivity index (χ4v) is 4.00. The summed E-state index contributed by atoms with van der Waals surface area (Å²) in [6, 6.07) is 26.4. The first kappa shape index (κ1) is 23.5. The van der Waals surface area contributed by atoms with Gasteiger partial charge >= 0.3 is 5.91 Å². The Morgan fingerprint density at radius 2 is 1.81 bits per heavy atom. The maximum absolute atomic E-state index is 12.7. The largest absolute Gasteiger partial charge is 0.494 e. The molecule has 0 saturated carbocycles. The predicted molar refractivity (Wildman–Crippen MR) is 142 cm³/mol. The number of hydrazone groups is 1. The first-order chi connectivity index (χ1) is 17.6. The van der Waals surface area contributed by atoms with Crippen LogP contribution in [0.1, 0.15) is 28.6 Å². The van der Waals surface area contributed by atoms with Crippen LogP contribution in [0.3, 0.4) is 0 Å². The molecule has 1 heterocycles. The number of nitrogens with one attached hydrogen (secondary N) is 1. The van der Waals surface area contributed by atoms with Gasteiger partial charge in [-0.15, -0.1) is 0 Å². The number of benzene rings is 4. The second-order valence-corrected chi connectivity index (χ2v) is 8.49. The van der Waals surface area contributed by atoms with Gasteiger partial charge in [0.2, 0.25) is 0 Å². The highest BCUT2D eigenvalue weighted by Crippen LogP contribution is 2.28. The van der Waals surface area contributed by atoms with Crippen molar-refractivity contribution in [2.45, 2.75) is 13.5 Å². The molecule has 5 rings (SSSR count). The lowest BCUT2D eigenvalue weighted by Gasteiger charge is -2.12. The highest BCUT2D eigenvalue weighted by molar-refractivity contribution is 6.30. The van der Waals surface area contributed by atoms with E-state index in [0.717, 1.165) is 33.0 Å². The van der Waals surface area contributed by atoms with E-state index in [1.54, 1.807) is 24.4 Å². The van der Waals surface area contributed by atoms with Crippen molar-refractivity contribution in [1.82, 2.24) is 5.43 Å². The van der Waals surface area contributed by atoms with Crippen LogP contribution < -0.4 is 14.9 Å². The zero-order valence-electron chi connectivity index (χ0n) is 19.5. The van der Waals surface area contributed by atoms with E-state index >= 15 is 0 Å². The van der Waals surface area contributed by atoms with Crippen LogP contribution in [-0.2, 0) is 6.61 Å². The first-order valence-corrected chi connectivity index (χ1v) is 11.9. The molecule has 0 saturated heterocycles. The lowest BCUT2D eigenvalue weighted by molar-refractivity contribution is 0.0929. The van der Waals surface area contributed by atoms with Gasteiger partial charge in [0.25, 0.3) is 0 Å². The molecule has 4 aromatic carbocycles. The number of hydrogen-bond acceptors (Lipinski definition) is 5. The summed E-state index contributed by atoms with van der Waals surface area (Å²) in [4.78, 5) is 12.7. The Kier molecular flexibility index (Phi) is 6.87. The number of nitrogens with zero attached hydrogens (tertiary/aromatic N) is 1. The summed E-state index contributed by atoms with van der Waals surface area (Å²) in [5, 5.41) is 7.65. The molecular formula is C29H23ClN2O4. The summed E-state index contributed by atoms with van der Waals surface area (Å²) < 4.78 is 17.3. The van der Waals surface area contributed by atoms with Gasteiger partial charge in [0.05, 0.1) is 12.8 Å². The molecule has 36 heavy (non-hydrogen) atoms. The Hall–Kier alpha value is -4.29. The van der Waals surface area contributed by atoms with Gasteiger partial charge in [-0.25, -0.2) is 5.43 Å². The van der Waals surface area contributed by atoms with Crippen molar-refractivity contribution in [3.63, 3.8) is 0 Å². The highest BCUT2D eigenvalue weighted by atomic mass is 35.5. The van der Waals surface area contributed by atoms with Gasteiger partial charge in [0.1, 0.15) is 23.7 Å². The summed E-state index contributed by atoms with van der Waals surface area (Å²) in [6.45, 7) is 2.84. The van der Waals surface area contributed by atoms with Gasteiger partial charge in [-0.3, -0.25) is 4.79 Å².